The van der Waals surface area contributed by atoms with Gasteiger partial charge < -0.3 is 4.74 Å². The lowest BCUT2D eigenvalue weighted by atomic mass is 9.90. The Labute approximate surface area is 144 Å². The predicted molar refractivity (Wildman–Crippen MR) is 89.1 cm³/mol. The first kappa shape index (κ1) is 16.7. The number of benzene rings is 2. The van der Waals surface area contributed by atoms with Gasteiger partial charge in [-0.15, -0.1) is 0 Å². The smallest absolute Gasteiger partial charge is 0.340 e. The first-order valence-corrected chi connectivity index (χ1v) is 8.19. The molecular formula is C19H16ClFO3. The van der Waals surface area contributed by atoms with Crippen LogP contribution in [0.5, 0.6) is 0 Å². The summed E-state index contributed by atoms with van der Waals surface area (Å²) in [6.07, 6.45) is 4.32. The fraction of sp³-hybridized carbons (Fsp3) is 0.263. The van der Waals surface area contributed by atoms with E-state index in [9.17, 15) is 14.0 Å². The summed E-state index contributed by atoms with van der Waals surface area (Å²) in [4.78, 5) is 24.2. The highest BCUT2D eigenvalue weighted by molar-refractivity contribution is 6.33. The maximum absolute atomic E-state index is 13.0. The lowest BCUT2D eigenvalue weighted by Gasteiger charge is -2.16. The molecule has 0 saturated heterocycles. The number of carbonyl (C=O) groups is 2. The zero-order chi connectivity index (χ0) is 17.1. The molecule has 0 aromatic heterocycles. The zero-order valence-electron chi connectivity index (χ0n) is 13.0. The Morgan fingerprint density at radius 2 is 1.79 bits per heavy atom. The van der Waals surface area contributed by atoms with Crippen molar-refractivity contribution in [1.82, 2.24) is 0 Å². The van der Waals surface area contributed by atoms with Gasteiger partial charge in [0.05, 0.1) is 10.6 Å². The Morgan fingerprint density at radius 1 is 1.04 bits per heavy atom. The van der Waals surface area contributed by atoms with E-state index in [1.54, 1.807) is 6.07 Å². The largest absolute Gasteiger partial charge is 0.454 e. The molecule has 0 unspecified atom stereocenters. The molecule has 3 nitrogen and oxygen atoms in total. The van der Waals surface area contributed by atoms with Crippen LogP contribution in [0.15, 0.2) is 36.4 Å². The van der Waals surface area contributed by atoms with Gasteiger partial charge in [0.2, 0.25) is 0 Å². The van der Waals surface area contributed by atoms with Crippen LogP contribution in [0.25, 0.3) is 0 Å². The molecule has 5 heteroatoms. The summed E-state index contributed by atoms with van der Waals surface area (Å²) >= 11 is 5.81. The molecule has 1 aliphatic carbocycles. The van der Waals surface area contributed by atoms with Crippen molar-refractivity contribution < 1.29 is 18.7 Å². The number of carbonyl (C=O) groups excluding carboxylic acids is 2. The molecule has 1 aliphatic rings. The molecule has 0 amide bonds. The monoisotopic (exact) mass is 346 g/mol. The van der Waals surface area contributed by atoms with Gasteiger partial charge in [0, 0.05) is 5.56 Å². The number of hydrogen-bond acceptors (Lipinski definition) is 3. The number of halogens is 2. The van der Waals surface area contributed by atoms with Crippen LogP contribution in [0.3, 0.4) is 0 Å². The highest BCUT2D eigenvalue weighted by Crippen LogP contribution is 2.23. The van der Waals surface area contributed by atoms with Crippen molar-refractivity contribution >= 4 is 23.4 Å². The standard InChI is InChI=1S/C19H16ClFO3/c20-17-10-15(21)7-8-16(17)19(23)24-11-18(22)14-6-5-12-3-1-2-4-13(12)9-14/h5-10H,1-4,11H2. The molecule has 0 bridgehead atoms. The second-order valence-corrected chi connectivity index (χ2v) is 6.22. The first-order chi connectivity index (χ1) is 11.5. The minimum absolute atomic E-state index is 0.0382. The Hall–Kier alpha value is -2.20. The van der Waals surface area contributed by atoms with Gasteiger partial charge in [-0.25, -0.2) is 9.18 Å². The average Bonchev–Trinajstić information content (AvgIpc) is 2.59. The number of ether oxygens (including phenoxy) is 1. The molecule has 0 fully saturated rings. The fourth-order valence-electron chi connectivity index (χ4n) is 2.85. The van der Waals surface area contributed by atoms with E-state index in [1.165, 1.54) is 23.6 Å². The second-order valence-electron chi connectivity index (χ2n) is 5.81. The van der Waals surface area contributed by atoms with E-state index < -0.39 is 11.8 Å². The molecule has 2 aromatic carbocycles. The average molecular weight is 347 g/mol. The van der Waals surface area contributed by atoms with Crippen LogP contribution in [-0.4, -0.2) is 18.4 Å². The van der Waals surface area contributed by atoms with Gasteiger partial charge in [-0.1, -0.05) is 23.7 Å². The molecule has 0 heterocycles. The molecule has 24 heavy (non-hydrogen) atoms. The molecule has 0 saturated carbocycles. The molecule has 2 aromatic rings. The third-order valence-corrected chi connectivity index (χ3v) is 4.47. The van der Waals surface area contributed by atoms with Crippen LogP contribution in [0.1, 0.15) is 44.7 Å². The summed E-state index contributed by atoms with van der Waals surface area (Å²) in [5, 5.41) is -0.0405. The van der Waals surface area contributed by atoms with E-state index in [0.717, 1.165) is 31.4 Å². The summed E-state index contributed by atoms with van der Waals surface area (Å²) in [6, 6.07) is 9.02. The molecule has 3 rings (SSSR count). The summed E-state index contributed by atoms with van der Waals surface area (Å²) in [7, 11) is 0. The number of rotatable bonds is 4. The maximum atomic E-state index is 13.0. The van der Waals surface area contributed by atoms with Crippen LogP contribution in [0, 0.1) is 5.82 Å². The SMILES string of the molecule is O=C(COC(=O)c1ccc(F)cc1Cl)c1ccc2c(c1)CCCC2. The minimum atomic E-state index is -0.744. The van der Waals surface area contributed by atoms with Crippen molar-refractivity contribution in [3.63, 3.8) is 0 Å². The molecular weight excluding hydrogens is 331 g/mol. The molecule has 0 radical (unpaired) electrons. The Kier molecular flexibility index (Phi) is 4.95. The quantitative estimate of drug-likeness (QED) is 0.609. The van der Waals surface area contributed by atoms with Gasteiger partial charge in [-0.2, -0.15) is 0 Å². The van der Waals surface area contributed by atoms with Gasteiger partial charge >= 0.3 is 5.97 Å². The number of esters is 1. The van der Waals surface area contributed by atoms with Crippen LogP contribution < -0.4 is 0 Å². The number of hydrogen-bond donors (Lipinski definition) is 0. The number of aryl methyl sites for hydroxylation is 2. The lowest BCUT2D eigenvalue weighted by molar-refractivity contribution is 0.0475. The van der Waals surface area contributed by atoms with E-state index in [2.05, 4.69) is 0 Å². The molecule has 124 valence electrons. The normalized spacial score (nSPS) is 13.2. The summed E-state index contributed by atoms with van der Waals surface area (Å²) in [6.45, 7) is -0.370. The zero-order valence-corrected chi connectivity index (χ0v) is 13.7. The minimum Gasteiger partial charge on any atom is -0.454 e. The van der Waals surface area contributed by atoms with Crippen molar-refractivity contribution in [2.24, 2.45) is 0 Å². The van der Waals surface area contributed by atoms with Crippen molar-refractivity contribution in [3.05, 3.63) is 69.5 Å². The second kappa shape index (κ2) is 7.14. The van der Waals surface area contributed by atoms with Crippen LogP contribution in [0.2, 0.25) is 5.02 Å². The van der Waals surface area contributed by atoms with Gasteiger partial charge in [-0.05, 0) is 61.1 Å². The summed E-state index contributed by atoms with van der Waals surface area (Å²) in [5.41, 5.74) is 3.05. The van der Waals surface area contributed by atoms with Crippen molar-refractivity contribution in [2.45, 2.75) is 25.7 Å². The van der Waals surface area contributed by atoms with Crippen molar-refractivity contribution in [2.75, 3.05) is 6.61 Å². The topological polar surface area (TPSA) is 43.4 Å². The maximum Gasteiger partial charge on any atom is 0.340 e. The molecule has 0 N–H and O–H groups in total. The van der Waals surface area contributed by atoms with Crippen molar-refractivity contribution in [3.8, 4) is 0 Å². The van der Waals surface area contributed by atoms with E-state index >= 15 is 0 Å². The lowest BCUT2D eigenvalue weighted by Crippen LogP contribution is -2.15. The fourth-order valence-corrected chi connectivity index (χ4v) is 3.10. The molecule has 0 spiro atoms. The van der Waals surface area contributed by atoms with Crippen LogP contribution in [-0.2, 0) is 17.6 Å². The van der Waals surface area contributed by atoms with Crippen LogP contribution in [0.4, 0.5) is 4.39 Å². The Balaban J connectivity index is 1.66. The van der Waals surface area contributed by atoms with E-state index in [1.807, 2.05) is 12.1 Å². The summed E-state index contributed by atoms with van der Waals surface area (Å²) in [5.74, 6) is -1.55. The number of ketones is 1. The van der Waals surface area contributed by atoms with E-state index in [-0.39, 0.29) is 23.0 Å². The van der Waals surface area contributed by atoms with E-state index in [0.29, 0.717) is 5.56 Å². The van der Waals surface area contributed by atoms with E-state index in [4.69, 9.17) is 16.3 Å². The van der Waals surface area contributed by atoms with Gasteiger partial charge in [0.1, 0.15) is 5.82 Å². The number of fused-ring (bicyclic) bond motifs is 1. The van der Waals surface area contributed by atoms with Crippen LogP contribution >= 0.6 is 11.6 Å². The van der Waals surface area contributed by atoms with Crippen molar-refractivity contribution in [1.29, 1.82) is 0 Å². The van der Waals surface area contributed by atoms with Gasteiger partial charge in [0.25, 0.3) is 0 Å². The van der Waals surface area contributed by atoms with Gasteiger partial charge in [-0.3, -0.25) is 4.79 Å². The predicted octanol–water partition coefficient (Wildman–Crippen LogP) is 4.40. The highest BCUT2D eigenvalue weighted by atomic mass is 35.5. The Bertz CT molecular complexity index is 801. The van der Waals surface area contributed by atoms with Gasteiger partial charge in [0.15, 0.2) is 12.4 Å². The summed E-state index contributed by atoms with van der Waals surface area (Å²) < 4.78 is 18.0. The Morgan fingerprint density at radius 3 is 2.54 bits per heavy atom. The molecule has 0 atom stereocenters. The third kappa shape index (κ3) is 3.65. The number of Topliss-reactive ketones (excluding diaryl/α,β-unsaturated/α-hetero) is 1. The third-order valence-electron chi connectivity index (χ3n) is 4.16. The molecule has 0 aliphatic heterocycles. The first-order valence-electron chi connectivity index (χ1n) is 7.82. The highest BCUT2D eigenvalue weighted by Gasteiger charge is 2.17.